The van der Waals surface area contributed by atoms with E-state index in [0.717, 1.165) is 0 Å². The summed E-state index contributed by atoms with van der Waals surface area (Å²) >= 11 is 0. The first-order valence-corrected chi connectivity index (χ1v) is 8.82. The molecule has 8 heteroatoms. The highest BCUT2D eigenvalue weighted by Crippen LogP contribution is 2.28. The van der Waals surface area contributed by atoms with Crippen molar-refractivity contribution in [3.8, 4) is 11.5 Å². The number of carbonyl (C=O) groups is 3. The van der Waals surface area contributed by atoms with Crippen molar-refractivity contribution in [2.45, 2.75) is 12.5 Å². The second-order valence-corrected chi connectivity index (χ2v) is 6.55. The Bertz CT molecular complexity index is 1050. The van der Waals surface area contributed by atoms with Crippen LogP contribution >= 0.6 is 0 Å². The van der Waals surface area contributed by atoms with Gasteiger partial charge in [0.15, 0.2) is 5.54 Å². The van der Waals surface area contributed by atoms with Crippen LogP contribution in [-0.2, 0) is 10.3 Å². The van der Waals surface area contributed by atoms with E-state index in [0.29, 0.717) is 16.5 Å². The molecule has 3 aromatic rings. The van der Waals surface area contributed by atoms with Crippen molar-refractivity contribution in [3.63, 3.8) is 0 Å². The fourth-order valence-corrected chi connectivity index (χ4v) is 2.94. The lowest BCUT2D eigenvalue weighted by molar-refractivity contribution is -0.133. The molecule has 0 saturated carbocycles. The highest BCUT2D eigenvalue weighted by Gasteiger charge is 2.52. The summed E-state index contributed by atoms with van der Waals surface area (Å²) in [6.07, 6.45) is 1.40. The Kier molecular flexibility index (Phi) is 4.52. The molecule has 0 bridgehead atoms. The van der Waals surface area contributed by atoms with Gasteiger partial charge in [-0.25, -0.2) is 4.79 Å². The van der Waals surface area contributed by atoms with Gasteiger partial charge in [0.1, 0.15) is 17.3 Å². The van der Waals surface area contributed by atoms with Crippen LogP contribution in [0.1, 0.15) is 23.0 Å². The minimum absolute atomic E-state index is 0.262. The van der Waals surface area contributed by atoms with Crippen LogP contribution in [0.5, 0.6) is 11.5 Å². The van der Waals surface area contributed by atoms with E-state index in [2.05, 4.69) is 10.7 Å². The molecule has 1 atom stereocenters. The molecule has 4 amide bonds. The van der Waals surface area contributed by atoms with Gasteiger partial charge in [-0.3, -0.25) is 15.0 Å². The third-order valence-electron chi connectivity index (χ3n) is 4.51. The fourth-order valence-electron chi connectivity index (χ4n) is 2.94. The number of nitrogens with zero attached hydrogens (tertiary/aromatic N) is 1. The number of para-hydroxylation sites is 1. The molecule has 0 radical (unpaired) electrons. The third-order valence-corrected chi connectivity index (χ3v) is 4.51. The lowest BCUT2D eigenvalue weighted by Gasteiger charge is -2.19. The van der Waals surface area contributed by atoms with Crippen LogP contribution in [0.3, 0.4) is 0 Å². The highest BCUT2D eigenvalue weighted by atomic mass is 16.5. The number of amides is 4. The summed E-state index contributed by atoms with van der Waals surface area (Å²) in [7, 11) is 0. The van der Waals surface area contributed by atoms with Crippen molar-refractivity contribution in [2.75, 3.05) is 0 Å². The molecule has 1 aromatic heterocycles. The summed E-state index contributed by atoms with van der Waals surface area (Å²) in [4.78, 5) is 37.5. The molecule has 2 heterocycles. The molecule has 29 heavy (non-hydrogen) atoms. The molecule has 8 nitrogen and oxygen atoms in total. The van der Waals surface area contributed by atoms with Crippen molar-refractivity contribution < 1.29 is 23.5 Å². The number of nitrogens with one attached hydrogen (secondary N) is 2. The van der Waals surface area contributed by atoms with E-state index in [4.69, 9.17) is 9.15 Å². The summed E-state index contributed by atoms with van der Waals surface area (Å²) in [5.74, 6) is 0.239. The smallest absolute Gasteiger partial charge is 0.344 e. The number of ether oxygens (including phenoxy) is 1. The third kappa shape index (κ3) is 3.43. The minimum atomic E-state index is -1.39. The molecule has 1 aliphatic rings. The van der Waals surface area contributed by atoms with E-state index >= 15 is 0 Å². The maximum absolute atomic E-state index is 12.7. The van der Waals surface area contributed by atoms with E-state index in [1.165, 1.54) is 25.3 Å². The van der Waals surface area contributed by atoms with Gasteiger partial charge in [-0.05, 0) is 55.5 Å². The lowest BCUT2D eigenvalue weighted by Crippen LogP contribution is -2.47. The molecule has 0 aliphatic carbocycles. The summed E-state index contributed by atoms with van der Waals surface area (Å²) in [5, 5.41) is 3.19. The van der Waals surface area contributed by atoms with Crippen LogP contribution in [0.15, 0.2) is 77.4 Å². The number of imide groups is 1. The Balaban J connectivity index is 1.45. The summed E-state index contributed by atoms with van der Waals surface area (Å²) in [6.45, 7) is 1.51. The zero-order valence-electron chi connectivity index (χ0n) is 15.4. The van der Waals surface area contributed by atoms with Gasteiger partial charge < -0.3 is 14.5 Å². The van der Waals surface area contributed by atoms with Gasteiger partial charge in [0, 0.05) is 5.56 Å². The second-order valence-electron chi connectivity index (χ2n) is 6.55. The molecular weight excluding hydrogens is 374 g/mol. The van der Waals surface area contributed by atoms with Gasteiger partial charge >= 0.3 is 6.03 Å². The number of hydrazine groups is 1. The number of urea groups is 1. The van der Waals surface area contributed by atoms with Crippen LogP contribution in [0, 0.1) is 0 Å². The predicted molar refractivity (Wildman–Crippen MR) is 102 cm³/mol. The van der Waals surface area contributed by atoms with E-state index in [-0.39, 0.29) is 11.3 Å². The van der Waals surface area contributed by atoms with Crippen molar-refractivity contribution in [1.82, 2.24) is 15.8 Å². The molecule has 1 aliphatic heterocycles. The van der Waals surface area contributed by atoms with Crippen LogP contribution in [0.2, 0.25) is 0 Å². The number of benzene rings is 2. The van der Waals surface area contributed by atoms with Gasteiger partial charge in [-0.1, -0.05) is 18.2 Å². The Labute approximate surface area is 166 Å². The van der Waals surface area contributed by atoms with Crippen molar-refractivity contribution in [2.24, 2.45) is 0 Å². The first kappa shape index (κ1) is 18.3. The molecule has 2 aromatic carbocycles. The normalized spacial score (nSPS) is 18.4. The van der Waals surface area contributed by atoms with Crippen molar-refractivity contribution in [1.29, 1.82) is 0 Å². The molecule has 1 saturated heterocycles. The fraction of sp³-hybridized carbons (Fsp3) is 0.0952. The molecule has 4 rings (SSSR count). The lowest BCUT2D eigenvalue weighted by atomic mass is 10.00. The Hall–Kier alpha value is -4.07. The number of rotatable bonds is 5. The quantitative estimate of drug-likeness (QED) is 0.651. The standard InChI is InChI=1S/C21H17N3O5/c1-21(17-8-5-13-28-17)19(26)24(20(27)22-21)23-18(25)14-9-11-16(12-10-14)29-15-6-3-2-4-7-15/h2-13H,1H3,(H,22,27)(H,23,25)/t21-/m0/s1. The number of furan rings is 1. The van der Waals surface area contributed by atoms with Crippen LogP contribution in [0.4, 0.5) is 4.79 Å². The average molecular weight is 391 g/mol. The van der Waals surface area contributed by atoms with Crippen LogP contribution in [-0.4, -0.2) is 22.9 Å². The second kappa shape index (κ2) is 7.16. The molecule has 1 fully saturated rings. The van der Waals surface area contributed by atoms with Crippen LogP contribution < -0.4 is 15.5 Å². The maximum atomic E-state index is 12.7. The first-order valence-electron chi connectivity index (χ1n) is 8.82. The zero-order chi connectivity index (χ0) is 20.4. The number of carbonyl (C=O) groups excluding carboxylic acids is 3. The predicted octanol–water partition coefficient (Wildman–Crippen LogP) is 3.18. The van der Waals surface area contributed by atoms with Crippen molar-refractivity contribution in [3.05, 3.63) is 84.3 Å². The largest absolute Gasteiger partial charge is 0.466 e. The first-order chi connectivity index (χ1) is 14.0. The molecule has 0 spiro atoms. The summed E-state index contributed by atoms with van der Waals surface area (Å²) in [5.41, 5.74) is 1.21. The van der Waals surface area contributed by atoms with Gasteiger partial charge in [0.2, 0.25) is 0 Å². The van der Waals surface area contributed by atoms with Gasteiger partial charge in [-0.15, -0.1) is 0 Å². The Morgan fingerprint density at radius 2 is 1.69 bits per heavy atom. The van der Waals surface area contributed by atoms with E-state index in [9.17, 15) is 14.4 Å². The summed E-state index contributed by atoms with van der Waals surface area (Å²) in [6, 6.07) is 18.0. The summed E-state index contributed by atoms with van der Waals surface area (Å²) < 4.78 is 10.9. The number of hydrogen-bond donors (Lipinski definition) is 2. The Morgan fingerprint density at radius 3 is 2.34 bits per heavy atom. The average Bonchev–Trinajstić information content (AvgIpc) is 3.34. The minimum Gasteiger partial charge on any atom is -0.466 e. The van der Waals surface area contributed by atoms with E-state index in [1.807, 2.05) is 30.3 Å². The zero-order valence-corrected chi connectivity index (χ0v) is 15.4. The Morgan fingerprint density at radius 1 is 1.00 bits per heavy atom. The molecule has 146 valence electrons. The van der Waals surface area contributed by atoms with Gasteiger partial charge in [0.05, 0.1) is 6.26 Å². The molecule has 0 unspecified atom stereocenters. The topological polar surface area (TPSA) is 101 Å². The maximum Gasteiger partial charge on any atom is 0.344 e. The van der Waals surface area contributed by atoms with Gasteiger partial charge in [-0.2, -0.15) is 5.01 Å². The van der Waals surface area contributed by atoms with Crippen LogP contribution in [0.25, 0.3) is 0 Å². The number of hydrogen-bond acceptors (Lipinski definition) is 5. The monoisotopic (exact) mass is 391 g/mol. The SMILES string of the molecule is C[C@@]1(c2ccco2)NC(=O)N(NC(=O)c2ccc(Oc3ccccc3)cc2)C1=O. The highest BCUT2D eigenvalue weighted by molar-refractivity contribution is 6.09. The molecule has 2 N–H and O–H groups in total. The van der Waals surface area contributed by atoms with Gasteiger partial charge in [0.25, 0.3) is 11.8 Å². The van der Waals surface area contributed by atoms with E-state index in [1.54, 1.807) is 24.3 Å². The van der Waals surface area contributed by atoms with Crippen molar-refractivity contribution >= 4 is 17.8 Å². The van der Waals surface area contributed by atoms with E-state index < -0.39 is 23.4 Å². The molecular formula is C21H17N3O5.